The number of halogens is 2. The molecule has 0 bridgehead atoms. The van der Waals surface area contributed by atoms with E-state index in [1.54, 1.807) is 13.2 Å². The maximum absolute atomic E-state index is 12.8. The molecule has 0 aliphatic carbocycles. The molecule has 27 heavy (non-hydrogen) atoms. The summed E-state index contributed by atoms with van der Waals surface area (Å²) in [6.45, 7) is 2.13. The zero-order valence-corrected chi connectivity index (χ0v) is 17.3. The Kier molecular flexibility index (Phi) is 6.65. The number of nitrogens with zero attached hydrogens (tertiary/aromatic N) is 1. The molecule has 0 radical (unpaired) electrons. The van der Waals surface area contributed by atoms with E-state index < -0.39 is 10.0 Å². The van der Waals surface area contributed by atoms with Crippen molar-refractivity contribution in [1.82, 2.24) is 9.62 Å². The Morgan fingerprint density at radius 2 is 1.78 bits per heavy atom. The first-order valence-corrected chi connectivity index (χ1v) is 11.0. The molecule has 2 aromatic carbocycles. The van der Waals surface area contributed by atoms with Crippen LogP contribution in [0, 0.1) is 0 Å². The van der Waals surface area contributed by atoms with Gasteiger partial charge in [0.1, 0.15) is 10.6 Å². The summed E-state index contributed by atoms with van der Waals surface area (Å²) in [5, 5.41) is 0.472. The van der Waals surface area contributed by atoms with E-state index in [1.807, 2.05) is 24.3 Å². The lowest BCUT2D eigenvalue weighted by Crippen LogP contribution is -2.36. The fraction of sp³-hybridized carbons (Fsp3) is 0.368. The van der Waals surface area contributed by atoms with E-state index in [2.05, 4.69) is 9.62 Å². The lowest BCUT2D eigenvalue weighted by molar-refractivity contribution is 0.246. The molecule has 1 aliphatic rings. The van der Waals surface area contributed by atoms with Crippen molar-refractivity contribution < 1.29 is 13.2 Å². The van der Waals surface area contributed by atoms with Gasteiger partial charge in [-0.25, -0.2) is 13.1 Å². The van der Waals surface area contributed by atoms with Crippen LogP contribution in [0.25, 0.3) is 0 Å². The second-order valence-corrected chi connectivity index (χ2v) is 9.04. The number of hydrogen-bond acceptors (Lipinski definition) is 4. The Labute approximate surface area is 170 Å². The third-order valence-corrected chi connectivity index (χ3v) is 6.87. The summed E-state index contributed by atoms with van der Waals surface area (Å²) in [6, 6.07) is 12.1. The maximum atomic E-state index is 12.8. The van der Waals surface area contributed by atoms with E-state index in [4.69, 9.17) is 27.9 Å². The normalized spacial score (nSPS) is 16.4. The first-order valence-electron chi connectivity index (χ1n) is 8.73. The van der Waals surface area contributed by atoms with Gasteiger partial charge in [-0.1, -0.05) is 35.3 Å². The Balaban J connectivity index is 1.82. The van der Waals surface area contributed by atoms with Crippen LogP contribution in [0.2, 0.25) is 10.0 Å². The van der Waals surface area contributed by atoms with Crippen molar-refractivity contribution in [3.05, 3.63) is 58.1 Å². The minimum absolute atomic E-state index is 0.00781. The molecule has 1 atom stereocenters. The van der Waals surface area contributed by atoms with Crippen molar-refractivity contribution in [2.24, 2.45) is 0 Å². The van der Waals surface area contributed by atoms with E-state index in [9.17, 15) is 8.42 Å². The van der Waals surface area contributed by atoms with Crippen LogP contribution in [0.4, 0.5) is 0 Å². The number of benzene rings is 2. The molecule has 5 nitrogen and oxygen atoms in total. The summed E-state index contributed by atoms with van der Waals surface area (Å²) in [7, 11) is -2.16. The molecule has 1 N–H and O–H groups in total. The van der Waals surface area contributed by atoms with Gasteiger partial charge in [-0.2, -0.15) is 0 Å². The van der Waals surface area contributed by atoms with Gasteiger partial charge >= 0.3 is 0 Å². The van der Waals surface area contributed by atoms with Crippen molar-refractivity contribution in [2.45, 2.75) is 23.8 Å². The van der Waals surface area contributed by atoms with E-state index >= 15 is 0 Å². The first kappa shape index (κ1) is 20.4. The first-order chi connectivity index (χ1) is 12.9. The SMILES string of the molecule is COc1ccc([C@@H](CNS(=O)(=O)c2cc(Cl)ccc2Cl)N2CCCC2)cc1. The number of rotatable bonds is 7. The molecule has 0 saturated carbocycles. The summed E-state index contributed by atoms with van der Waals surface area (Å²) in [5.41, 5.74) is 1.04. The number of sulfonamides is 1. The zero-order chi connectivity index (χ0) is 19.4. The molecular formula is C19H22Cl2N2O3S. The van der Waals surface area contributed by atoms with Gasteiger partial charge in [0.05, 0.1) is 12.1 Å². The minimum Gasteiger partial charge on any atom is -0.497 e. The van der Waals surface area contributed by atoms with Crippen LogP contribution >= 0.6 is 23.2 Å². The number of hydrogen-bond donors (Lipinski definition) is 1. The van der Waals surface area contributed by atoms with E-state index in [1.165, 1.54) is 12.1 Å². The Morgan fingerprint density at radius 3 is 2.41 bits per heavy atom. The number of nitrogens with one attached hydrogen (secondary N) is 1. The van der Waals surface area contributed by atoms with Crippen LogP contribution in [-0.2, 0) is 10.0 Å². The standard InChI is InChI=1S/C19H22Cl2N2O3S/c1-26-16-7-4-14(5-8-16)18(23-10-2-3-11-23)13-22-27(24,25)19-12-15(20)6-9-17(19)21/h4-9,12,18,22H,2-3,10-11,13H2,1H3/t18-/m1/s1. The van der Waals surface area contributed by atoms with Crippen molar-refractivity contribution >= 4 is 33.2 Å². The molecule has 3 rings (SSSR count). The van der Waals surface area contributed by atoms with E-state index in [-0.39, 0.29) is 22.5 Å². The summed E-state index contributed by atoms with van der Waals surface area (Å²) in [4.78, 5) is 2.29. The number of ether oxygens (including phenoxy) is 1. The summed E-state index contributed by atoms with van der Waals surface area (Å²) < 4.78 is 33.4. The monoisotopic (exact) mass is 428 g/mol. The molecule has 2 aromatic rings. The smallest absolute Gasteiger partial charge is 0.242 e. The highest BCUT2D eigenvalue weighted by Crippen LogP contribution is 2.28. The van der Waals surface area contributed by atoms with Crippen LogP contribution in [0.1, 0.15) is 24.4 Å². The van der Waals surface area contributed by atoms with E-state index in [0.29, 0.717) is 5.02 Å². The minimum atomic E-state index is -3.78. The quantitative estimate of drug-likeness (QED) is 0.720. The third-order valence-electron chi connectivity index (χ3n) is 4.73. The van der Waals surface area contributed by atoms with Gasteiger partial charge in [-0.15, -0.1) is 0 Å². The summed E-state index contributed by atoms with van der Waals surface area (Å²) in [5.74, 6) is 0.769. The average Bonchev–Trinajstić information content (AvgIpc) is 3.18. The van der Waals surface area contributed by atoms with Gasteiger partial charge in [0.25, 0.3) is 0 Å². The van der Waals surface area contributed by atoms with Crippen LogP contribution in [0.5, 0.6) is 5.75 Å². The summed E-state index contributed by atoms with van der Waals surface area (Å²) in [6.07, 6.45) is 2.22. The largest absolute Gasteiger partial charge is 0.497 e. The second-order valence-electron chi connectivity index (χ2n) is 6.46. The molecule has 0 spiro atoms. The molecule has 1 fully saturated rings. The van der Waals surface area contributed by atoms with Crippen molar-refractivity contribution in [3.8, 4) is 5.75 Å². The topological polar surface area (TPSA) is 58.6 Å². The molecule has 1 aliphatic heterocycles. The Hall–Kier alpha value is -1.31. The van der Waals surface area contributed by atoms with Crippen LogP contribution < -0.4 is 9.46 Å². The zero-order valence-electron chi connectivity index (χ0n) is 15.0. The average molecular weight is 429 g/mol. The molecule has 1 saturated heterocycles. The molecule has 146 valence electrons. The highest BCUT2D eigenvalue weighted by molar-refractivity contribution is 7.89. The van der Waals surface area contributed by atoms with Crippen LogP contribution in [0.15, 0.2) is 47.4 Å². The second kappa shape index (κ2) is 8.80. The van der Waals surface area contributed by atoms with Crippen LogP contribution in [0.3, 0.4) is 0 Å². The predicted octanol–water partition coefficient (Wildman–Crippen LogP) is 4.12. The van der Waals surface area contributed by atoms with Gasteiger partial charge in [0.15, 0.2) is 0 Å². The lowest BCUT2D eigenvalue weighted by atomic mass is 10.1. The van der Waals surface area contributed by atoms with Gasteiger partial charge in [-0.3, -0.25) is 4.90 Å². The summed E-state index contributed by atoms with van der Waals surface area (Å²) >= 11 is 12.0. The Morgan fingerprint density at radius 1 is 1.11 bits per heavy atom. The molecular weight excluding hydrogens is 407 g/mol. The van der Waals surface area contributed by atoms with Gasteiger partial charge in [-0.05, 0) is 61.8 Å². The van der Waals surface area contributed by atoms with Gasteiger partial charge in [0, 0.05) is 17.6 Å². The highest BCUT2D eigenvalue weighted by Gasteiger charge is 2.26. The molecule has 0 amide bonds. The third kappa shape index (κ3) is 4.95. The predicted molar refractivity (Wildman–Crippen MR) is 108 cm³/mol. The maximum Gasteiger partial charge on any atom is 0.242 e. The molecule has 0 aromatic heterocycles. The Bertz CT molecular complexity index is 882. The highest BCUT2D eigenvalue weighted by atomic mass is 35.5. The molecule has 8 heteroatoms. The van der Waals surface area contributed by atoms with Crippen LogP contribution in [-0.4, -0.2) is 40.1 Å². The fourth-order valence-corrected chi connectivity index (χ4v) is 5.09. The molecule has 0 unspecified atom stereocenters. The molecule has 1 heterocycles. The number of methoxy groups -OCH3 is 1. The fourth-order valence-electron chi connectivity index (χ4n) is 3.29. The van der Waals surface area contributed by atoms with E-state index in [0.717, 1.165) is 37.2 Å². The van der Waals surface area contributed by atoms with Crippen molar-refractivity contribution in [2.75, 3.05) is 26.7 Å². The number of likely N-dealkylation sites (tertiary alicyclic amines) is 1. The van der Waals surface area contributed by atoms with Gasteiger partial charge < -0.3 is 4.74 Å². The van der Waals surface area contributed by atoms with Crippen molar-refractivity contribution in [3.63, 3.8) is 0 Å². The van der Waals surface area contributed by atoms with Gasteiger partial charge in [0.2, 0.25) is 10.0 Å². The van der Waals surface area contributed by atoms with Crippen molar-refractivity contribution in [1.29, 1.82) is 0 Å². The lowest BCUT2D eigenvalue weighted by Gasteiger charge is -2.28.